The Morgan fingerprint density at radius 1 is 0.800 bits per heavy atom. The van der Waals surface area contributed by atoms with Crippen LogP contribution in [0.4, 0.5) is 25.8 Å². The predicted octanol–water partition coefficient (Wildman–Crippen LogP) is 5.52. The fourth-order valence-corrected chi connectivity index (χ4v) is 6.83. The lowest BCUT2D eigenvalue weighted by Gasteiger charge is -2.45. The SMILES string of the molecule is Nc1ccc(-c2nc3c(N4CCC5(CCNCC5)CC4)ccnc3n2-c2ccc(N3CCCC3)cc2F)cc1F. The van der Waals surface area contributed by atoms with Gasteiger partial charge < -0.3 is 20.9 Å². The molecule has 7 rings (SSSR count). The van der Waals surface area contributed by atoms with Gasteiger partial charge in [0.1, 0.15) is 23.0 Å². The molecule has 0 unspecified atom stereocenters. The first-order valence-corrected chi connectivity index (χ1v) is 14.4. The van der Waals surface area contributed by atoms with Crippen LogP contribution in [0.2, 0.25) is 0 Å². The van der Waals surface area contributed by atoms with E-state index in [2.05, 4.69) is 15.1 Å². The van der Waals surface area contributed by atoms with Crippen LogP contribution in [0.1, 0.15) is 38.5 Å². The van der Waals surface area contributed by atoms with Crippen molar-refractivity contribution in [1.29, 1.82) is 0 Å². The van der Waals surface area contributed by atoms with Crippen molar-refractivity contribution in [3.8, 4) is 17.1 Å². The molecule has 9 heteroatoms. The highest BCUT2D eigenvalue weighted by Gasteiger charge is 2.36. The van der Waals surface area contributed by atoms with Gasteiger partial charge >= 0.3 is 0 Å². The van der Waals surface area contributed by atoms with Crippen molar-refractivity contribution in [1.82, 2.24) is 19.9 Å². The van der Waals surface area contributed by atoms with Gasteiger partial charge in [-0.25, -0.2) is 18.7 Å². The molecule has 2 aromatic heterocycles. The second kappa shape index (κ2) is 10.0. The van der Waals surface area contributed by atoms with Crippen molar-refractivity contribution in [2.24, 2.45) is 5.41 Å². The first-order valence-electron chi connectivity index (χ1n) is 14.4. The molecule has 2 aromatic carbocycles. The Bertz CT molecular complexity index is 1540. The highest BCUT2D eigenvalue weighted by Crippen LogP contribution is 2.42. The molecule has 3 saturated heterocycles. The number of hydrogen-bond acceptors (Lipinski definition) is 6. The normalized spacial score (nSPS) is 19.1. The van der Waals surface area contributed by atoms with Gasteiger partial charge in [0.15, 0.2) is 5.65 Å². The monoisotopic (exact) mass is 543 g/mol. The molecule has 3 aliphatic rings. The first-order chi connectivity index (χ1) is 19.5. The molecule has 0 radical (unpaired) electrons. The molecular weight excluding hydrogens is 508 g/mol. The summed E-state index contributed by atoms with van der Waals surface area (Å²) in [4.78, 5) is 14.3. The van der Waals surface area contributed by atoms with Crippen LogP contribution in [0.5, 0.6) is 0 Å². The zero-order valence-corrected chi connectivity index (χ0v) is 22.7. The van der Waals surface area contributed by atoms with E-state index in [1.165, 1.54) is 25.0 Å². The summed E-state index contributed by atoms with van der Waals surface area (Å²) >= 11 is 0. The molecule has 3 fully saturated rings. The number of anilines is 3. The topological polar surface area (TPSA) is 75.2 Å². The summed E-state index contributed by atoms with van der Waals surface area (Å²) in [5, 5.41) is 3.49. The fraction of sp³-hybridized carbons (Fsp3) is 0.419. The molecule has 5 heterocycles. The number of hydrogen-bond donors (Lipinski definition) is 2. The third kappa shape index (κ3) is 4.36. The lowest BCUT2D eigenvalue weighted by Crippen LogP contribution is -2.45. The number of nitrogens with one attached hydrogen (secondary N) is 1. The van der Waals surface area contributed by atoms with Crippen LogP contribution in [-0.2, 0) is 0 Å². The van der Waals surface area contributed by atoms with E-state index in [4.69, 9.17) is 15.7 Å². The number of halogens is 2. The average Bonchev–Trinajstić information content (AvgIpc) is 3.64. The highest BCUT2D eigenvalue weighted by atomic mass is 19.1. The maximum Gasteiger partial charge on any atom is 0.167 e. The number of nitrogens with zero attached hydrogens (tertiary/aromatic N) is 5. The van der Waals surface area contributed by atoms with Crippen LogP contribution in [0.25, 0.3) is 28.2 Å². The van der Waals surface area contributed by atoms with Gasteiger partial charge in [0, 0.05) is 43.6 Å². The molecule has 3 N–H and O–H groups in total. The summed E-state index contributed by atoms with van der Waals surface area (Å²) in [5.41, 5.74) is 10.2. The van der Waals surface area contributed by atoms with Crippen LogP contribution < -0.4 is 20.9 Å². The summed E-state index contributed by atoms with van der Waals surface area (Å²) < 4.78 is 32.2. The minimum Gasteiger partial charge on any atom is -0.396 e. The molecule has 40 heavy (non-hydrogen) atoms. The standard InChI is InChI=1S/C31H35F2N7/c32-23-19-21(3-5-25(23)34)29-37-28-27(39-17-10-31(11-18-39)8-13-35-14-9-31)7-12-36-30(28)40(29)26-6-4-22(20-24(26)33)38-15-1-2-16-38/h3-7,12,19-20,35H,1-2,8-11,13-18,34H2. The Kier molecular flexibility index (Phi) is 6.34. The highest BCUT2D eigenvalue weighted by molar-refractivity contribution is 5.91. The quantitative estimate of drug-likeness (QED) is 0.330. The number of nitrogen functional groups attached to an aromatic ring is 1. The summed E-state index contributed by atoms with van der Waals surface area (Å²) in [5.74, 6) is -0.454. The van der Waals surface area contributed by atoms with Gasteiger partial charge in [0.25, 0.3) is 0 Å². The summed E-state index contributed by atoms with van der Waals surface area (Å²) in [6, 6.07) is 12.0. The summed E-state index contributed by atoms with van der Waals surface area (Å²) in [6.45, 7) is 5.93. The van der Waals surface area contributed by atoms with Gasteiger partial charge in [-0.05, 0) is 99.5 Å². The zero-order valence-electron chi connectivity index (χ0n) is 22.7. The predicted molar refractivity (Wildman–Crippen MR) is 156 cm³/mol. The first kappa shape index (κ1) is 25.3. The number of piperidine rings is 2. The molecule has 4 aromatic rings. The number of rotatable bonds is 4. The number of pyridine rings is 1. The van der Waals surface area contributed by atoms with Crippen LogP contribution in [0, 0.1) is 17.0 Å². The Hall–Kier alpha value is -3.72. The van der Waals surface area contributed by atoms with Crippen molar-refractivity contribution in [3.63, 3.8) is 0 Å². The van der Waals surface area contributed by atoms with Crippen molar-refractivity contribution in [2.75, 3.05) is 54.8 Å². The van der Waals surface area contributed by atoms with E-state index in [-0.39, 0.29) is 11.5 Å². The fourth-order valence-electron chi connectivity index (χ4n) is 6.83. The molecule has 0 saturated carbocycles. The maximum atomic E-state index is 15.9. The Morgan fingerprint density at radius 2 is 1.57 bits per heavy atom. The van der Waals surface area contributed by atoms with Gasteiger partial charge in [-0.1, -0.05) is 0 Å². The lowest BCUT2D eigenvalue weighted by molar-refractivity contribution is 0.155. The Labute approximate surface area is 233 Å². The second-order valence-corrected chi connectivity index (χ2v) is 11.6. The van der Waals surface area contributed by atoms with E-state index in [9.17, 15) is 4.39 Å². The summed E-state index contributed by atoms with van der Waals surface area (Å²) in [7, 11) is 0. The van der Waals surface area contributed by atoms with Crippen molar-refractivity contribution >= 4 is 28.2 Å². The third-order valence-electron chi connectivity index (χ3n) is 9.26. The largest absolute Gasteiger partial charge is 0.396 e. The molecule has 3 aliphatic heterocycles. The third-order valence-corrected chi connectivity index (χ3v) is 9.26. The molecule has 0 bridgehead atoms. The number of benzene rings is 2. The molecule has 208 valence electrons. The Morgan fingerprint density at radius 3 is 2.30 bits per heavy atom. The molecule has 1 spiro atoms. The maximum absolute atomic E-state index is 15.9. The number of fused-ring (bicyclic) bond motifs is 1. The van der Waals surface area contributed by atoms with E-state index in [1.807, 2.05) is 12.1 Å². The van der Waals surface area contributed by atoms with Crippen LogP contribution in [-0.4, -0.2) is 53.8 Å². The van der Waals surface area contributed by atoms with Crippen molar-refractivity contribution in [3.05, 3.63) is 60.3 Å². The smallest absolute Gasteiger partial charge is 0.167 e. The summed E-state index contributed by atoms with van der Waals surface area (Å²) in [6.07, 6.45) is 8.73. The number of nitrogens with two attached hydrogens (primary N) is 1. The van der Waals surface area contributed by atoms with E-state index >= 15 is 4.39 Å². The van der Waals surface area contributed by atoms with Gasteiger partial charge in [-0.2, -0.15) is 0 Å². The zero-order chi connectivity index (χ0) is 27.3. The molecule has 7 nitrogen and oxygen atoms in total. The second-order valence-electron chi connectivity index (χ2n) is 11.6. The van der Waals surface area contributed by atoms with Crippen LogP contribution in [0.15, 0.2) is 48.7 Å². The lowest BCUT2D eigenvalue weighted by atomic mass is 9.71. The Balaban J connectivity index is 1.33. The molecule has 0 atom stereocenters. The average molecular weight is 544 g/mol. The molecular formula is C31H35F2N7. The van der Waals surface area contributed by atoms with E-state index in [1.54, 1.807) is 29.0 Å². The van der Waals surface area contributed by atoms with Crippen LogP contribution in [0.3, 0.4) is 0 Å². The van der Waals surface area contributed by atoms with E-state index < -0.39 is 5.82 Å². The number of aromatic nitrogens is 3. The minimum atomic E-state index is -0.530. The van der Waals surface area contributed by atoms with Gasteiger partial charge in [-0.3, -0.25) is 4.57 Å². The van der Waals surface area contributed by atoms with E-state index in [0.717, 1.165) is 76.3 Å². The van der Waals surface area contributed by atoms with Crippen molar-refractivity contribution < 1.29 is 8.78 Å². The van der Waals surface area contributed by atoms with Crippen LogP contribution >= 0.6 is 0 Å². The van der Waals surface area contributed by atoms with Gasteiger partial charge in [-0.15, -0.1) is 0 Å². The van der Waals surface area contributed by atoms with E-state index in [0.29, 0.717) is 33.7 Å². The van der Waals surface area contributed by atoms with Gasteiger partial charge in [0.05, 0.1) is 17.1 Å². The van der Waals surface area contributed by atoms with Gasteiger partial charge in [0.2, 0.25) is 0 Å². The number of imidazole rings is 1. The molecule has 0 aliphatic carbocycles. The minimum absolute atomic E-state index is 0.0616. The molecule has 0 amide bonds. The van der Waals surface area contributed by atoms with Crippen molar-refractivity contribution in [2.45, 2.75) is 38.5 Å².